The van der Waals surface area contributed by atoms with Crippen LogP contribution in [0.15, 0.2) is 66.7 Å². The summed E-state index contributed by atoms with van der Waals surface area (Å²) in [5, 5.41) is 15.5. The van der Waals surface area contributed by atoms with Gasteiger partial charge in [-0.2, -0.15) is 0 Å². The summed E-state index contributed by atoms with van der Waals surface area (Å²) < 4.78 is 0. The molecule has 0 aromatic heterocycles. The molecule has 3 aromatic rings. The Balaban J connectivity index is 1.68. The predicted octanol–water partition coefficient (Wildman–Crippen LogP) is 4.91. The summed E-state index contributed by atoms with van der Waals surface area (Å²) >= 11 is 0. The maximum Gasteiger partial charge on any atom is 0.322 e. The van der Waals surface area contributed by atoms with E-state index in [9.17, 15) is 9.90 Å². The molecule has 1 unspecified atom stereocenters. The van der Waals surface area contributed by atoms with Gasteiger partial charge < -0.3 is 15.3 Å². The number of fused-ring (bicyclic) bond motifs is 1. The second-order valence-electron chi connectivity index (χ2n) is 6.37. The van der Waals surface area contributed by atoms with E-state index in [4.69, 9.17) is 0 Å². The predicted molar refractivity (Wildman–Crippen MR) is 99.8 cm³/mol. The third-order valence-electron chi connectivity index (χ3n) is 4.82. The van der Waals surface area contributed by atoms with Crippen molar-refractivity contribution in [3.8, 4) is 5.75 Å². The molecule has 25 heavy (non-hydrogen) atoms. The van der Waals surface area contributed by atoms with Crippen LogP contribution in [0.1, 0.15) is 24.4 Å². The van der Waals surface area contributed by atoms with Gasteiger partial charge in [-0.15, -0.1) is 0 Å². The number of urea groups is 1. The zero-order valence-corrected chi connectivity index (χ0v) is 13.9. The molecule has 1 fully saturated rings. The molecule has 4 rings (SSSR count). The molecule has 1 atom stereocenters. The van der Waals surface area contributed by atoms with Gasteiger partial charge >= 0.3 is 6.03 Å². The smallest absolute Gasteiger partial charge is 0.322 e. The third kappa shape index (κ3) is 2.91. The SMILES string of the molecule is O=C(Nc1ccccc1)N1CCCC1c1c(O)ccc2ccccc12. The van der Waals surface area contributed by atoms with E-state index in [2.05, 4.69) is 5.32 Å². The molecule has 0 saturated carbocycles. The van der Waals surface area contributed by atoms with Crippen LogP contribution in [0, 0.1) is 0 Å². The summed E-state index contributed by atoms with van der Waals surface area (Å²) in [5.74, 6) is 0.253. The minimum absolute atomic E-state index is 0.116. The maximum atomic E-state index is 12.8. The number of carbonyl (C=O) groups is 1. The fourth-order valence-electron chi connectivity index (χ4n) is 3.66. The molecule has 4 nitrogen and oxygen atoms in total. The number of anilines is 1. The highest BCUT2D eigenvalue weighted by Crippen LogP contribution is 2.41. The van der Waals surface area contributed by atoms with E-state index in [0.29, 0.717) is 6.54 Å². The van der Waals surface area contributed by atoms with Crippen LogP contribution in [0.4, 0.5) is 10.5 Å². The lowest BCUT2D eigenvalue weighted by Gasteiger charge is -2.27. The number of likely N-dealkylation sites (tertiary alicyclic amines) is 1. The Labute approximate surface area is 146 Å². The lowest BCUT2D eigenvalue weighted by molar-refractivity contribution is 0.206. The monoisotopic (exact) mass is 332 g/mol. The summed E-state index contributed by atoms with van der Waals surface area (Å²) in [5.41, 5.74) is 1.62. The number of hydrogen-bond acceptors (Lipinski definition) is 2. The Morgan fingerprint density at radius 3 is 2.60 bits per heavy atom. The lowest BCUT2D eigenvalue weighted by Crippen LogP contribution is -2.34. The van der Waals surface area contributed by atoms with Crippen molar-refractivity contribution >= 4 is 22.5 Å². The van der Waals surface area contributed by atoms with Crippen LogP contribution in [0.5, 0.6) is 5.75 Å². The highest BCUT2D eigenvalue weighted by atomic mass is 16.3. The van der Waals surface area contributed by atoms with Crippen molar-refractivity contribution < 1.29 is 9.90 Å². The first-order valence-corrected chi connectivity index (χ1v) is 8.57. The largest absolute Gasteiger partial charge is 0.508 e. The first-order valence-electron chi connectivity index (χ1n) is 8.57. The van der Waals surface area contributed by atoms with E-state index in [-0.39, 0.29) is 17.8 Å². The summed E-state index contributed by atoms with van der Waals surface area (Å²) in [4.78, 5) is 14.6. The minimum Gasteiger partial charge on any atom is -0.508 e. The number of amides is 2. The molecule has 126 valence electrons. The van der Waals surface area contributed by atoms with Gasteiger partial charge in [0.15, 0.2) is 0 Å². The van der Waals surface area contributed by atoms with Gasteiger partial charge in [-0.25, -0.2) is 4.79 Å². The quantitative estimate of drug-likeness (QED) is 0.700. The van der Waals surface area contributed by atoms with Crippen molar-refractivity contribution in [2.75, 3.05) is 11.9 Å². The first-order chi connectivity index (χ1) is 12.2. The molecule has 0 aliphatic carbocycles. The van der Waals surface area contributed by atoms with Crippen LogP contribution in [0.25, 0.3) is 10.8 Å². The Hall–Kier alpha value is -3.01. The van der Waals surface area contributed by atoms with Crippen molar-refractivity contribution in [1.82, 2.24) is 4.90 Å². The normalized spacial score (nSPS) is 17.0. The van der Waals surface area contributed by atoms with E-state index in [1.165, 1.54) is 0 Å². The van der Waals surface area contributed by atoms with Crippen LogP contribution >= 0.6 is 0 Å². The highest BCUT2D eigenvalue weighted by Gasteiger charge is 2.32. The van der Waals surface area contributed by atoms with Crippen molar-refractivity contribution in [2.45, 2.75) is 18.9 Å². The Morgan fingerprint density at radius 1 is 1.00 bits per heavy atom. The molecule has 1 saturated heterocycles. The Morgan fingerprint density at radius 2 is 1.76 bits per heavy atom. The average molecular weight is 332 g/mol. The average Bonchev–Trinajstić information content (AvgIpc) is 3.12. The molecule has 2 N–H and O–H groups in total. The molecule has 1 aliphatic rings. The summed E-state index contributed by atoms with van der Waals surface area (Å²) in [7, 11) is 0. The number of rotatable bonds is 2. The highest BCUT2D eigenvalue weighted by molar-refractivity contribution is 5.92. The Kier molecular flexibility index (Phi) is 4.02. The minimum atomic E-state index is -0.124. The number of benzene rings is 3. The zero-order valence-electron chi connectivity index (χ0n) is 13.9. The van der Waals surface area contributed by atoms with Gasteiger partial charge in [0.05, 0.1) is 6.04 Å². The molecule has 0 bridgehead atoms. The van der Waals surface area contributed by atoms with Gasteiger partial charge in [0.2, 0.25) is 0 Å². The maximum absolute atomic E-state index is 12.8. The third-order valence-corrected chi connectivity index (χ3v) is 4.82. The lowest BCUT2D eigenvalue weighted by atomic mass is 9.96. The number of nitrogens with zero attached hydrogens (tertiary/aromatic N) is 1. The molecule has 2 amide bonds. The summed E-state index contributed by atoms with van der Waals surface area (Å²) in [6.07, 6.45) is 1.78. The number of nitrogens with one attached hydrogen (secondary N) is 1. The number of phenols is 1. The van der Waals surface area contributed by atoms with Crippen molar-refractivity contribution in [3.63, 3.8) is 0 Å². The standard InChI is InChI=1S/C21H20N2O2/c24-19-13-12-15-7-4-5-10-17(15)20(19)18-11-6-14-23(18)21(25)22-16-8-2-1-3-9-16/h1-5,7-10,12-13,18,24H,6,11,14H2,(H,22,25). The van der Waals surface area contributed by atoms with Gasteiger partial charge in [-0.05, 0) is 41.8 Å². The van der Waals surface area contributed by atoms with Crippen molar-refractivity contribution in [2.24, 2.45) is 0 Å². The molecule has 4 heteroatoms. The number of aromatic hydroxyl groups is 1. The number of phenolic OH excluding ortho intramolecular Hbond substituents is 1. The van der Waals surface area contributed by atoms with Crippen LogP contribution in [0.3, 0.4) is 0 Å². The van der Waals surface area contributed by atoms with E-state index in [1.54, 1.807) is 6.07 Å². The number of carbonyl (C=O) groups excluding carboxylic acids is 1. The number of para-hydroxylation sites is 1. The van der Waals surface area contributed by atoms with Crippen LogP contribution < -0.4 is 5.32 Å². The molecule has 1 aliphatic heterocycles. The van der Waals surface area contributed by atoms with Crippen molar-refractivity contribution in [3.05, 3.63) is 72.3 Å². The van der Waals surface area contributed by atoms with Gasteiger partial charge in [-0.3, -0.25) is 0 Å². The molecular weight excluding hydrogens is 312 g/mol. The Bertz CT molecular complexity index is 908. The van der Waals surface area contributed by atoms with E-state index in [1.807, 2.05) is 65.6 Å². The van der Waals surface area contributed by atoms with Gasteiger partial charge in [0.25, 0.3) is 0 Å². The van der Waals surface area contributed by atoms with Crippen LogP contribution in [-0.2, 0) is 0 Å². The molecular formula is C21H20N2O2. The molecule has 0 spiro atoms. The van der Waals surface area contributed by atoms with Crippen LogP contribution in [-0.4, -0.2) is 22.6 Å². The van der Waals surface area contributed by atoms with Gasteiger partial charge in [0, 0.05) is 17.8 Å². The second-order valence-corrected chi connectivity index (χ2v) is 6.37. The zero-order chi connectivity index (χ0) is 17.2. The first kappa shape index (κ1) is 15.5. The molecule has 0 radical (unpaired) electrons. The summed E-state index contributed by atoms with van der Waals surface area (Å²) in [6, 6.07) is 20.8. The van der Waals surface area contributed by atoms with Crippen LogP contribution in [0.2, 0.25) is 0 Å². The van der Waals surface area contributed by atoms with Gasteiger partial charge in [0.1, 0.15) is 5.75 Å². The van der Waals surface area contributed by atoms with Crippen molar-refractivity contribution in [1.29, 1.82) is 0 Å². The molecule has 3 aromatic carbocycles. The number of hydrogen-bond donors (Lipinski definition) is 2. The fraction of sp³-hybridized carbons (Fsp3) is 0.190. The topological polar surface area (TPSA) is 52.6 Å². The van der Waals surface area contributed by atoms with E-state index < -0.39 is 0 Å². The van der Waals surface area contributed by atoms with Gasteiger partial charge in [-0.1, -0.05) is 48.5 Å². The van der Waals surface area contributed by atoms with E-state index in [0.717, 1.165) is 34.9 Å². The second kappa shape index (κ2) is 6.48. The molecule has 1 heterocycles. The van der Waals surface area contributed by atoms with E-state index >= 15 is 0 Å². The fourth-order valence-corrected chi connectivity index (χ4v) is 3.66. The summed E-state index contributed by atoms with van der Waals surface area (Å²) in [6.45, 7) is 0.687.